The minimum atomic E-state index is 0.250. The smallest absolute Gasteiger partial charge is 0.192 e. The van der Waals surface area contributed by atoms with Crippen LogP contribution in [-0.2, 0) is 6.42 Å². The maximum Gasteiger partial charge on any atom is 0.192 e. The van der Waals surface area contributed by atoms with E-state index < -0.39 is 0 Å². The van der Waals surface area contributed by atoms with Crippen molar-refractivity contribution in [3.05, 3.63) is 28.8 Å². The first-order chi connectivity index (χ1) is 6.22. The van der Waals surface area contributed by atoms with Gasteiger partial charge in [-0.25, -0.2) is 0 Å². The molecule has 0 fully saturated rings. The van der Waals surface area contributed by atoms with Crippen LogP contribution >= 0.6 is 11.6 Å². The van der Waals surface area contributed by atoms with Crippen LogP contribution in [0.25, 0.3) is 10.9 Å². The molecular formula is C10H10ClNO. The molecule has 0 atom stereocenters. The molecule has 0 aliphatic rings. The van der Waals surface area contributed by atoms with Gasteiger partial charge in [0.15, 0.2) is 5.88 Å². The van der Waals surface area contributed by atoms with Crippen molar-refractivity contribution in [3.8, 4) is 5.88 Å². The summed E-state index contributed by atoms with van der Waals surface area (Å²) in [6, 6.07) is 5.57. The molecule has 2 aromatic rings. The van der Waals surface area contributed by atoms with Gasteiger partial charge >= 0.3 is 0 Å². The second kappa shape index (κ2) is 2.96. The van der Waals surface area contributed by atoms with Gasteiger partial charge in [0, 0.05) is 16.0 Å². The number of nitrogens with one attached hydrogen (secondary N) is 1. The summed E-state index contributed by atoms with van der Waals surface area (Å²) in [4.78, 5) is 2.89. The van der Waals surface area contributed by atoms with Crippen LogP contribution in [0.2, 0.25) is 5.02 Å². The standard InChI is InChI=1S/C10H10ClNO/c1-2-7-8-4-3-6(11)5-9(8)12-10(7)13/h3-5,12-13H,2H2,1H3. The third-order valence-corrected chi connectivity index (χ3v) is 2.43. The van der Waals surface area contributed by atoms with Crippen molar-refractivity contribution in [2.24, 2.45) is 0 Å². The highest BCUT2D eigenvalue weighted by molar-refractivity contribution is 6.31. The van der Waals surface area contributed by atoms with Crippen LogP contribution in [-0.4, -0.2) is 10.1 Å². The van der Waals surface area contributed by atoms with Gasteiger partial charge in [0.2, 0.25) is 0 Å². The van der Waals surface area contributed by atoms with E-state index in [2.05, 4.69) is 4.98 Å². The fourth-order valence-electron chi connectivity index (χ4n) is 1.57. The first-order valence-electron chi connectivity index (χ1n) is 4.21. The number of hydrogen-bond acceptors (Lipinski definition) is 1. The maximum absolute atomic E-state index is 9.53. The number of benzene rings is 1. The lowest BCUT2D eigenvalue weighted by Gasteiger charge is -1.93. The molecule has 2 nitrogen and oxygen atoms in total. The normalized spacial score (nSPS) is 10.9. The Morgan fingerprint density at radius 1 is 1.46 bits per heavy atom. The number of H-pyrrole nitrogens is 1. The minimum absolute atomic E-state index is 0.250. The molecule has 0 spiro atoms. The zero-order valence-corrected chi connectivity index (χ0v) is 8.02. The summed E-state index contributed by atoms with van der Waals surface area (Å²) in [7, 11) is 0. The van der Waals surface area contributed by atoms with Gasteiger partial charge in [0.25, 0.3) is 0 Å². The van der Waals surface area contributed by atoms with Crippen LogP contribution < -0.4 is 0 Å². The zero-order chi connectivity index (χ0) is 9.42. The van der Waals surface area contributed by atoms with Gasteiger partial charge in [0.05, 0.1) is 5.52 Å². The van der Waals surface area contributed by atoms with Gasteiger partial charge in [-0.15, -0.1) is 0 Å². The number of aromatic amines is 1. The van der Waals surface area contributed by atoms with Gasteiger partial charge < -0.3 is 10.1 Å². The fraction of sp³-hybridized carbons (Fsp3) is 0.200. The summed E-state index contributed by atoms with van der Waals surface area (Å²) >= 11 is 5.82. The zero-order valence-electron chi connectivity index (χ0n) is 7.26. The highest BCUT2D eigenvalue weighted by atomic mass is 35.5. The van der Waals surface area contributed by atoms with Crippen LogP contribution in [0.3, 0.4) is 0 Å². The van der Waals surface area contributed by atoms with Crippen molar-refractivity contribution in [2.75, 3.05) is 0 Å². The van der Waals surface area contributed by atoms with Crippen LogP contribution in [0.1, 0.15) is 12.5 Å². The van der Waals surface area contributed by atoms with E-state index in [1.54, 1.807) is 0 Å². The van der Waals surface area contributed by atoms with E-state index in [9.17, 15) is 5.11 Å². The monoisotopic (exact) mass is 195 g/mol. The predicted octanol–water partition coefficient (Wildman–Crippen LogP) is 3.09. The number of halogens is 1. The minimum Gasteiger partial charge on any atom is -0.494 e. The number of fused-ring (bicyclic) bond motifs is 1. The second-order valence-electron chi connectivity index (χ2n) is 3.00. The van der Waals surface area contributed by atoms with Crippen LogP contribution in [0.4, 0.5) is 0 Å². The highest BCUT2D eigenvalue weighted by Gasteiger charge is 2.08. The molecule has 0 amide bonds. The molecular weight excluding hydrogens is 186 g/mol. The molecule has 0 saturated heterocycles. The summed E-state index contributed by atoms with van der Waals surface area (Å²) < 4.78 is 0. The molecule has 3 heteroatoms. The third-order valence-electron chi connectivity index (χ3n) is 2.20. The predicted molar refractivity (Wildman–Crippen MR) is 54.4 cm³/mol. The molecule has 1 aromatic carbocycles. The van der Waals surface area contributed by atoms with Gasteiger partial charge in [0.1, 0.15) is 0 Å². The summed E-state index contributed by atoms with van der Waals surface area (Å²) in [5.41, 5.74) is 1.84. The molecule has 1 aromatic heterocycles. The number of aryl methyl sites for hydroxylation is 1. The topological polar surface area (TPSA) is 36.0 Å². The average Bonchev–Trinajstić information content (AvgIpc) is 2.39. The van der Waals surface area contributed by atoms with Gasteiger partial charge in [-0.05, 0) is 18.6 Å². The summed E-state index contributed by atoms with van der Waals surface area (Å²) in [5.74, 6) is 0.250. The Balaban J connectivity index is 2.79. The lowest BCUT2D eigenvalue weighted by molar-refractivity contribution is 0.452. The molecule has 68 valence electrons. The SMILES string of the molecule is CCc1c(O)[nH]c2cc(Cl)ccc12. The number of rotatable bonds is 1. The summed E-state index contributed by atoms with van der Waals surface area (Å²) in [6.45, 7) is 2.01. The van der Waals surface area contributed by atoms with Gasteiger partial charge in [-0.3, -0.25) is 0 Å². The Kier molecular flexibility index (Phi) is 1.93. The van der Waals surface area contributed by atoms with Crippen molar-refractivity contribution in [3.63, 3.8) is 0 Å². The van der Waals surface area contributed by atoms with E-state index in [0.29, 0.717) is 5.02 Å². The first-order valence-corrected chi connectivity index (χ1v) is 4.59. The summed E-state index contributed by atoms with van der Waals surface area (Å²) in [5, 5.41) is 11.2. The van der Waals surface area contributed by atoms with E-state index >= 15 is 0 Å². The fourth-order valence-corrected chi connectivity index (χ4v) is 1.74. The average molecular weight is 196 g/mol. The van der Waals surface area contributed by atoms with Gasteiger partial charge in [-0.1, -0.05) is 24.6 Å². The maximum atomic E-state index is 9.53. The molecule has 0 radical (unpaired) electrons. The van der Waals surface area contributed by atoms with Gasteiger partial charge in [-0.2, -0.15) is 0 Å². The van der Waals surface area contributed by atoms with E-state index in [4.69, 9.17) is 11.6 Å². The molecule has 2 rings (SSSR count). The molecule has 0 aliphatic heterocycles. The van der Waals surface area contributed by atoms with Crippen molar-refractivity contribution in [1.82, 2.24) is 4.98 Å². The molecule has 1 heterocycles. The first kappa shape index (κ1) is 8.45. The van der Waals surface area contributed by atoms with Crippen LogP contribution in [0, 0.1) is 0 Å². The Morgan fingerprint density at radius 3 is 2.92 bits per heavy atom. The number of aromatic nitrogens is 1. The Morgan fingerprint density at radius 2 is 2.23 bits per heavy atom. The number of hydrogen-bond donors (Lipinski definition) is 2. The molecule has 0 bridgehead atoms. The largest absolute Gasteiger partial charge is 0.494 e. The van der Waals surface area contributed by atoms with Crippen molar-refractivity contribution in [1.29, 1.82) is 0 Å². The Hall–Kier alpha value is -1.15. The third kappa shape index (κ3) is 1.27. The lowest BCUT2D eigenvalue weighted by atomic mass is 10.1. The Bertz CT molecular complexity index is 447. The molecule has 0 saturated carbocycles. The Labute approximate surface area is 81.1 Å². The molecule has 0 aliphatic carbocycles. The quantitative estimate of drug-likeness (QED) is 0.721. The lowest BCUT2D eigenvalue weighted by Crippen LogP contribution is -1.75. The number of aromatic hydroxyl groups is 1. The van der Waals surface area contributed by atoms with E-state index in [0.717, 1.165) is 22.9 Å². The van der Waals surface area contributed by atoms with E-state index in [1.807, 2.05) is 25.1 Å². The molecule has 0 unspecified atom stereocenters. The van der Waals surface area contributed by atoms with E-state index in [-0.39, 0.29) is 5.88 Å². The van der Waals surface area contributed by atoms with Crippen LogP contribution in [0.15, 0.2) is 18.2 Å². The highest BCUT2D eigenvalue weighted by Crippen LogP contribution is 2.29. The van der Waals surface area contributed by atoms with Crippen molar-refractivity contribution in [2.45, 2.75) is 13.3 Å². The van der Waals surface area contributed by atoms with Crippen molar-refractivity contribution < 1.29 is 5.11 Å². The van der Waals surface area contributed by atoms with Crippen LogP contribution in [0.5, 0.6) is 5.88 Å². The van der Waals surface area contributed by atoms with Crippen molar-refractivity contribution >= 4 is 22.5 Å². The second-order valence-corrected chi connectivity index (χ2v) is 3.43. The molecule has 2 N–H and O–H groups in total. The molecule has 13 heavy (non-hydrogen) atoms. The van der Waals surface area contributed by atoms with E-state index in [1.165, 1.54) is 0 Å². The summed E-state index contributed by atoms with van der Waals surface area (Å²) in [6.07, 6.45) is 0.813.